The molecular weight excluding hydrogens is 350 g/mol. The maximum Gasteiger partial charge on any atom is 0.251 e. The average Bonchev–Trinajstić information content (AvgIpc) is 3.30. The highest BCUT2D eigenvalue weighted by Gasteiger charge is 2.17. The number of carbonyl (C=O) groups is 1. The van der Waals surface area contributed by atoms with Crippen molar-refractivity contribution in [3.05, 3.63) is 108 Å². The molecule has 3 aromatic carbocycles. The standard InChI is InChI=1S/C22H19N5O/c28-22(19-12-7-13-20(15-19)27-16-23-25-26-27)24-21(18-10-5-2-6-11-18)14-17-8-3-1-4-9-17/h1-13,15-16,21H,14H2,(H,24,28)/t21-/m1/s1. The van der Waals surface area contributed by atoms with E-state index in [0.29, 0.717) is 12.0 Å². The number of nitrogens with one attached hydrogen (secondary N) is 1. The second-order valence-electron chi connectivity index (χ2n) is 6.43. The first kappa shape index (κ1) is 17.6. The molecule has 0 aliphatic carbocycles. The molecule has 1 atom stereocenters. The van der Waals surface area contributed by atoms with Crippen LogP contribution in [0.5, 0.6) is 0 Å². The second kappa shape index (κ2) is 8.26. The highest BCUT2D eigenvalue weighted by Crippen LogP contribution is 2.19. The lowest BCUT2D eigenvalue weighted by molar-refractivity contribution is 0.0936. The fraction of sp³-hybridized carbons (Fsp3) is 0.0909. The molecule has 1 N–H and O–H groups in total. The van der Waals surface area contributed by atoms with Crippen LogP contribution in [-0.2, 0) is 6.42 Å². The highest BCUT2D eigenvalue weighted by atomic mass is 16.1. The minimum Gasteiger partial charge on any atom is -0.345 e. The lowest BCUT2D eigenvalue weighted by Gasteiger charge is -2.20. The number of benzene rings is 3. The fourth-order valence-corrected chi connectivity index (χ4v) is 3.10. The molecule has 1 heterocycles. The van der Waals surface area contributed by atoms with Crippen LogP contribution >= 0.6 is 0 Å². The van der Waals surface area contributed by atoms with Gasteiger partial charge in [0.2, 0.25) is 0 Å². The van der Waals surface area contributed by atoms with Gasteiger partial charge in [0.05, 0.1) is 11.7 Å². The zero-order chi connectivity index (χ0) is 19.2. The van der Waals surface area contributed by atoms with Crippen LogP contribution in [0.4, 0.5) is 0 Å². The summed E-state index contributed by atoms with van der Waals surface area (Å²) >= 11 is 0. The van der Waals surface area contributed by atoms with Crippen LogP contribution in [0.25, 0.3) is 5.69 Å². The SMILES string of the molecule is O=C(N[C@H](Cc1ccccc1)c1ccccc1)c1cccc(-n2cnnn2)c1. The summed E-state index contributed by atoms with van der Waals surface area (Å²) in [6.07, 6.45) is 2.21. The van der Waals surface area contributed by atoms with Crippen molar-refractivity contribution in [1.82, 2.24) is 25.5 Å². The first-order valence-electron chi connectivity index (χ1n) is 9.03. The molecule has 4 rings (SSSR count). The third-order valence-electron chi connectivity index (χ3n) is 4.51. The van der Waals surface area contributed by atoms with Crippen molar-refractivity contribution in [2.45, 2.75) is 12.5 Å². The van der Waals surface area contributed by atoms with Crippen LogP contribution < -0.4 is 5.32 Å². The Bertz CT molecular complexity index is 1030. The molecule has 1 aromatic heterocycles. The summed E-state index contributed by atoms with van der Waals surface area (Å²) in [5, 5.41) is 14.3. The molecule has 0 unspecified atom stereocenters. The molecule has 1 amide bonds. The van der Waals surface area contributed by atoms with Crippen molar-refractivity contribution in [3.63, 3.8) is 0 Å². The minimum atomic E-state index is -0.139. The van der Waals surface area contributed by atoms with Crippen LogP contribution in [0.3, 0.4) is 0 Å². The highest BCUT2D eigenvalue weighted by molar-refractivity contribution is 5.95. The molecule has 0 fully saturated rings. The number of nitrogens with zero attached hydrogens (tertiary/aromatic N) is 4. The summed E-state index contributed by atoms with van der Waals surface area (Å²) in [6, 6.07) is 27.3. The quantitative estimate of drug-likeness (QED) is 0.565. The van der Waals surface area contributed by atoms with Crippen LogP contribution in [0.2, 0.25) is 0 Å². The number of rotatable bonds is 6. The smallest absolute Gasteiger partial charge is 0.251 e. The van der Waals surface area contributed by atoms with E-state index < -0.39 is 0 Å². The van der Waals surface area contributed by atoms with Crippen molar-refractivity contribution in [1.29, 1.82) is 0 Å². The summed E-state index contributed by atoms with van der Waals surface area (Å²) in [5.41, 5.74) is 3.52. The van der Waals surface area contributed by atoms with Gasteiger partial charge in [-0.15, -0.1) is 5.10 Å². The molecule has 0 bridgehead atoms. The predicted octanol–water partition coefficient (Wildman–Crippen LogP) is 3.38. The van der Waals surface area contributed by atoms with Gasteiger partial charge in [-0.3, -0.25) is 4.79 Å². The van der Waals surface area contributed by atoms with Crippen LogP contribution in [-0.4, -0.2) is 26.1 Å². The normalized spacial score (nSPS) is 11.7. The Morgan fingerprint density at radius 1 is 0.929 bits per heavy atom. The Kier molecular flexibility index (Phi) is 5.20. The third-order valence-corrected chi connectivity index (χ3v) is 4.51. The van der Waals surface area contributed by atoms with Gasteiger partial charge in [0, 0.05) is 5.56 Å². The van der Waals surface area contributed by atoms with E-state index in [2.05, 4.69) is 33.0 Å². The van der Waals surface area contributed by atoms with E-state index in [1.807, 2.05) is 60.7 Å². The van der Waals surface area contributed by atoms with Crippen LogP contribution in [0.1, 0.15) is 27.5 Å². The van der Waals surface area contributed by atoms with Gasteiger partial charge in [0.15, 0.2) is 0 Å². The summed E-state index contributed by atoms with van der Waals surface area (Å²) in [6.45, 7) is 0. The van der Waals surface area contributed by atoms with E-state index in [1.54, 1.807) is 12.1 Å². The first-order chi connectivity index (χ1) is 13.8. The molecule has 0 saturated heterocycles. The van der Waals surface area contributed by atoms with E-state index in [0.717, 1.165) is 11.3 Å². The van der Waals surface area contributed by atoms with E-state index in [4.69, 9.17) is 0 Å². The average molecular weight is 369 g/mol. The minimum absolute atomic E-state index is 0.132. The Labute approximate surface area is 162 Å². The Morgan fingerprint density at radius 3 is 2.39 bits per heavy atom. The molecule has 0 saturated carbocycles. The lowest BCUT2D eigenvalue weighted by Crippen LogP contribution is -2.30. The van der Waals surface area contributed by atoms with Gasteiger partial charge in [-0.1, -0.05) is 66.7 Å². The van der Waals surface area contributed by atoms with Crippen LogP contribution in [0.15, 0.2) is 91.3 Å². The molecule has 6 heteroatoms. The molecular formula is C22H19N5O. The number of carbonyl (C=O) groups excluding carboxylic acids is 1. The van der Waals surface area contributed by atoms with Crippen molar-refractivity contribution >= 4 is 5.91 Å². The second-order valence-corrected chi connectivity index (χ2v) is 6.43. The monoisotopic (exact) mass is 369 g/mol. The topological polar surface area (TPSA) is 72.7 Å². The molecule has 0 radical (unpaired) electrons. The summed E-state index contributed by atoms with van der Waals surface area (Å²) in [5.74, 6) is -0.139. The fourth-order valence-electron chi connectivity index (χ4n) is 3.10. The predicted molar refractivity (Wildman–Crippen MR) is 106 cm³/mol. The molecule has 0 spiro atoms. The number of amides is 1. The summed E-state index contributed by atoms with van der Waals surface area (Å²) in [7, 11) is 0. The molecule has 0 aliphatic heterocycles. The van der Waals surface area contributed by atoms with Crippen molar-refractivity contribution in [2.24, 2.45) is 0 Å². The zero-order valence-electron chi connectivity index (χ0n) is 15.1. The maximum atomic E-state index is 13.0. The van der Waals surface area contributed by atoms with E-state index in [-0.39, 0.29) is 11.9 Å². The van der Waals surface area contributed by atoms with Crippen molar-refractivity contribution in [2.75, 3.05) is 0 Å². The number of aromatic nitrogens is 4. The molecule has 138 valence electrons. The van der Waals surface area contributed by atoms with Crippen molar-refractivity contribution < 1.29 is 4.79 Å². The molecule has 0 aliphatic rings. The number of hydrogen-bond donors (Lipinski definition) is 1. The van der Waals surface area contributed by atoms with E-state index in [1.165, 1.54) is 16.6 Å². The maximum absolute atomic E-state index is 13.0. The molecule has 6 nitrogen and oxygen atoms in total. The van der Waals surface area contributed by atoms with Gasteiger partial charge in [0.1, 0.15) is 6.33 Å². The number of tetrazole rings is 1. The summed E-state index contributed by atoms with van der Waals surface area (Å²) < 4.78 is 1.52. The van der Waals surface area contributed by atoms with E-state index >= 15 is 0 Å². The zero-order valence-corrected chi connectivity index (χ0v) is 15.1. The van der Waals surface area contributed by atoms with Gasteiger partial charge in [-0.25, -0.2) is 4.68 Å². The van der Waals surface area contributed by atoms with Gasteiger partial charge in [-0.2, -0.15) is 0 Å². The molecule has 4 aromatic rings. The van der Waals surface area contributed by atoms with Crippen LogP contribution in [0, 0.1) is 0 Å². The van der Waals surface area contributed by atoms with Gasteiger partial charge in [0.25, 0.3) is 5.91 Å². The Balaban J connectivity index is 1.58. The largest absolute Gasteiger partial charge is 0.345 e. The van der Waals surface area contributed by atoms with Crippen molar-refractivity contribution in [3.8, 4) is 5.69 Å². The lowest BCUT2D eigenvalue weighted by atomic mass is 9.98. The number of hydrogen-bond acceptors (Lipinski definition) is 4. The van der Waals surface area contributed by atoms with Gasteiger partial charge < -0.3 is 5.32 Å². The third kappa shape index (κ3) is 4.12. The van der Waals surface area contributed by atoms with Gasteiger partial charge >= 0.3 is 0 Å². The Morgan fingerprint density at radius 2 is 1.68 bits per heavy atom. The Hall–Kier alpha value is -3.80. The first-order valence-corrected chi connectivity index (χ1v) is 9.03. The van der Waals surface area contributed by atoms with Gasteiger partial charge in [-0.05, 0) is 46.2 Å². The molecule has 28 heavy (non-hydrogen) atoms. The van der Waals surface area contributed by atoms with E-state index in [9.17, 15) is 4.79 Å². The summed E-state index contributed by atoms with van der Waals surface area (Å²) in [4.78, 5) is 13.0.